The Morgan fingerprint density at radius 1 is 1.39 bits per heavy atom. The molecule has 1 heterocycles. The number of benzene rings is 1. The quantitative estimate of drug-likeness (QED) is 0.869. The number of carbonyl (C=O) groups is 1. The van der Waals surface area contributed by atoms with Crippen molar-refractivity contribution in [1.29, 1.82) is 0 Å². The molecule has 0 spiro atoms. The van der Waals surface area contributed by atoms with Crippen molar-refractivity contribution in [3.05, 3.63) is 30.1 Å². The summed E-state index contributed by atoms with van der Waals surface area (Å²) in [5, 5.41) is 18.7. The minimum atomic E-state index is -1.09. The lowest BCUT2D eigenvalue weighted by atomic mass is 10.2. The van der Waals surface area contributed by atoms with E-state index in [9.17, 15) is 9.90 Å². The van der Waals surface area contributed by atoms with Crippen LogP contribution in [0.2, 0.25) is 0 Å². The second-order valence-corrected chi connectivity index (χ2v) is 4.54. The van der Waals surface area contributed by atoms with Crippen molar-refractivity contribution in [2.75, 3.05) is 0 Å². The zero-order valence-electron chi connectivity index (χ0n) is 10.4. The van der Waals surface area contributed by atoms with E-state index in [2.05, 4.69) is 4.98 Å². The van der Waals surface area contributed by atoms with E-state index in [4.69, 9.17) is 5.11 Å². The molecule has 2 aromatic rings. The van der Waals surface area contributed by atoms with E-state index in [-0.39, 0.29) is 12.5 Å². The van der Waals surface area contributed by atoms with Crippen LogP contribution < -0.4 is 0 Å². The monoisotopic (exact) mass is 248 g/mol. The number of aliphatic carboxylic acids is 1. The third-order valence-electron chi connectivity index (χ3n) is 2.81. The van der Waals surface area contributed by atoms with Crippen LogP contribution in [-0.4, -0.2) is 25.7 Å². The van der Waals surface area contributed by atoms with E-state index in [0.29, 0.717) is 5.82 Å². The molecule has 5 nitrogen and oxygen atoms in total. The smallest absolute Gasteiger partial charge is 0.306 e. The predicted molar refractivity (Wildman–Crippen MR) is 67.3 cm³/mol. The van der Waals surface area contributed by atoms with Gasteiger partial charge in [-0.15, -0.1) is 0 Å². The van der Waals surface area contributed by atoms with Gasteiger partial charge in [0.15, 0.2) is 0 Å². The second kappa shape index (κ2) is 4.78. The van der Waals surface area contributed by atoms with E-state index < -0.39 is 12.1 Å². The summed E-state index contributed by atoms with van der Waals surface area (Å²) in [5.41, 5.74) is 1.68. The van der Waals surface area contributed by atoms with Crippen molar-refractivity contribution in [3.8, 4) is 0 Å². The molecular formula is C13H16N2O3. The van der Waals surface area contributed by atoms with Gasteiger partial charge in [-0.1, -0.05) is 12.1 Å². The van der Waals surface area contributed by atoms with E-state index in [1.54, 1.807) is 0 Å². The lowest BCUT2D eigenvalue weighted by molar-refractivity contribution is -0.139. The Kier molecular flexibility index (Phi) is 3.34. The fraction of sp³-hybridized carbons (Fsp3) is 0.385. The van der Waals surface area contributed by atoms with Crippen molar-refractivity contribution in [3.63, 3.8) is 0 Å². The normalized spacial score (nSPS) is 13.1. The third kappa shape index (κ3) is 2.22. The third-order valence-corrected chi connectivity index (χ3v) is 2.81. The lowest BCUT2D eigenvalue weighted by Crippen LogP contribution is -2.13. The highest BCUT2D eigenvalue weighted by Gasteiger charge is 2.21. The molecule has 0 aliphatic carbocycles. The van der Waals surface area contributed by atoms with Gasteiger partial charge >= 0.3 is 5.97 Å². The molecule has 1 atom stereocenters. The average molecular weight is 248 g/mol. The van der Waals surface area contributed by atoms with Crippen LogP contribution in [0.25, 0.3) is 11.0 Å². The number of aliphatic hydroxyl groups excluding tert-OH is 1. The summed E-state index contributed by atoms with van der Waals surface area (Å²) in [6.07, 6.45) is -1.42. The Morgan fingerprint density at radius 2 is 2.06 bits per heavy atom. The van der Waals surface area contributed by atoms with Gasteiger partial charge in [-0.2, -0.15) is 0 Å². The van der Waals surface area contributed by atoms with Crippen LogP contribution in [0.4, 0.5) is 0 Å². The van der Waals surface area contributed by atoms with Crippen LogP contribution in [0, 0.1) is 0 Å². The zero-order valence-corrected chi connectivity index (χ0v) is 10.4. The van der Waals surface area contributed by atoms with Crippen molar-refractivity contribution >= 4 is 17.0 Å². The van der Waals surface area contributed by atoms with E-state index in [0.717, 1.165) is 11.0 Å². The number of hydrogen-bond donors (Lipinski definition) is 2. The number of nitrogens with zero attached hydrogens (tertiary/aromatic N) is 2. The Labute approximate surface area is 105 Å². The van der Waals surface area contributed by atoms with Crippen molar-refractivity contribution in [2.24, 2.45) is 0 Å². The minimum Gasteiger partial charge on any atom is -0.481 e. The molecule has 0 fully saturated rings. The van der Waals surface area contributed by atoms with Crippen molar-refractivity contribution in [2.45, 2.75) is 32.4 Å². The zero-order chi connectivity index (χ0) is 13.3. The molecule has 0 amide bonds. The fourth-order valence-electron chi connectivity index (χ4n) is 2.10. The van der Waals surface area contributed by atoms with Gasteiger partial charge in [0, 0.05) is 6.04 Å². The number of hydrogen-bond acceptors (Lipinski definition) is 3. The number of imidazole rings is 1. The predicted octanol–water partition coefficient (Wildman–Crippen LogP) is 2.13. The topological polar surface area (TPSA) is 75.4 Å². The molecule has 18 heavy (non-hydrogen) atoms. The fourth-order valence-corrected chi connectivity index (χ4v) is 2.10. The van der Waals surface area contributed by atoms with Gasteiger partial charge in [-0.3, -0.25) is 4.79 Å². The van der Waals surface area contributed by atoms with Crippen LogP contribution in [0.1, 0.15) is 38.2 Å². The number of fused-ring (bicyclic) bond motifs is 1. The van der Waals surface area contributed by atoms with Crippen LogP contribution >= 0.6 is 0 Å². The van der Waals surface area contributed by atoms with E-state index >= 15 is 0 Å². The Hall–Kier alpha value is -1.88. The summed E-state index contributed by atoms with van der Waals surface area (Å²) < 4.78 is 1.88. The van der Waals surface area contributed by atoms with Crippen LogP contribution in [0.3, 0.4) is 0 Å². The van der Waals surface area contributed by atoms with Gasteiger partial charge in [0.25, 0.3) is 0 Å². The number of aromatic nitrogens is 2. The molecule has 0 saturated heterocycles. The van der Waals surface area contributed by atoms with Crippen molar-refractivity contribution < 1.29 is 15.0 Å². The van der Waals surface area contributed by atoms with Crippen LogP contribution in [-0.2, 0) is 4.79 Å². The number of aliphatic hydroxyl groups is 1. The first kappa shape index (κ1) is 12.6. The number of carboxylic acids is 1. The van der Waals surface area contributed by atoms with Gasteiger partial charge < -0.3 is 14.8 Å². The minimum absolute atomic E-state index is 0.107. The summed E-state index contributed by atoms with van der Waals surface area (Å²) in [4.78, 5) is 15.0. The first-order chi connectivity index (χ1) is 8.50. The van der Waals surface area contributed by atoms with Gasteiger partial charge in [0.1, 0.15) is 11.9 Å². The van der Waals surface area contributed by atoms with Crippen molar-refractivity contribution in [1.82, 2.24) is 9.55 Å². The molecular weight excluding hydrogens is 232 g/mol. The first-order valence-electron chi connectivity index (χ1n) is 5.87. The molecule has 0 aliphatic heterocycles. The molecule has 1 aromatic heterocycles. The maximum atomic E-state index is 10.7. The summed E-state index contributed by atoms with van der Waals surface area (Å²) in [7, 11) is 0. The highest BCUT2D eigenvalue weighted by molar-refractivity contribution is 5.76. The summed E-state index contributed by atoms with van der Waals surface area (Å²) >= 11 is 0. The largest absolute Gasteiger partial charge is 0.481 e. The highest BCUT2D eigenvalue weighted by Crippen LogP contribution is 2.26. The SMILES string of the molecule is CC(C)n1c([C@@H](O)CC(=O)O)nc2ccccc21. The van der Waals surface area contributed by atoms with Gasteiger partial charge in [0.2, 0.25) is 0 Å². The van der Waals surface area contributed by atoms with E-state index in [1.165, 1.54) is 0 Å². The standard InChI is InChI=1S/C13H16N2O3/c1-8(2)15-10-6-4-3-5-9(10)14-13(15)11(16)7-12(17)18/h3-6,8,11,16H,7H2,1-2H3,(H,17,18)/t11-/m0/s1. The highest BCUT2D eigenvalue weighted by atomic mass is 16.4. The molecule has 2 N–H and O–H groups in total. The molecule has 1 aromatic carbocycles. The molecule has 0 aliphatic rings. The summed E-state index contributed by atoms with van der Waals surface area (Å²) in [6.45, 7) is 3.95. The maximum Gasteiger partial charge on any atom is 0.306 e. The molecule has 0 saturated carbocycles. The second-order valence-electron chi connectivity index (χ2n) is 4.54. The molecule has 96 valence electrons. The van der Waals surface area contributed by atoms with Crippen LogP contribution in [0.15, 0.2) is 24.3 Å². The maximum absolute atomic E-state index is 10.7. The molecule has 0 unspecified atom stereocenters. The van der Waals surface area contributed by atoms with Gasteiger partial charge in [-0.25, -0.2) is 4.98 Å². The number of para-hydroxylation sites is 2. The van der Waals surface area contributed by atoms with Crippen LogP contribution in [0.5, 0.6) is 0 Å². The van der Waals surface area contributed by atoms with E-state index in [1.807, 2.05) is 42.7 Å². The average Bonchev–Trinajstić information content (AvgIpc) is 2.67. The van der Waals surface area contributed by atoms with Gasteiger partial charge in [-0.05, 0) is 26.0 Å². The van der Waals surface area contributed by atoms with Gasteiger partial charge in [0.05, 0.1) is 17.5 Å². The molecule has 0 radical (unpaired) electrons. The number of rotatable bonds is 4. The summed E-state index contributed by atoms with van der Waals surface area (Å²) in [6, 6.07) is 7.64. The molecule has 5 heteroatoms. The molecule has 2 rings (SSSR count). The Balaban J connectivity index is 2.55. The Bertz CT molecular complexity index is 575. The first-order valence-corrected chi connectivity index (χ1v) is 5.87. The summed E-state index contributed by atoms with van der Waals surface area (Å²) in [5.74, 6) is -0.626. The lowest BCUT2D eigenvalue weighted by Gasteiger charge is -2.15. The number of carboxylic acid groups (broad SMARTS) is 1. The molecule has 0 bridgehead atoms. The Morgan fingerprint density at radius 3 is 2.67 bits per heavy atom.